The molecule has 12 heavy (non-hydrogen) atoms. The van der Waals surface area contributed by atoms with Crippen LogP contribution < -0.4 is 0 Å². The van der Waals surface area contributed by atoms with Crippen LogP contribution in [0.3, 0.4) is 0 Å². The first-order chi connectivity index (χ1) is 5.86. The van der Waals surface area contributed by atoms with E-state index in [0.29, 0.717) is 12.2 Å². The zero-order valence-electron chi connectivity index (χ0n) is 6.43. The molecule has 0 aliphatic carbocycles. The fourth-order valence-electron chi connectivity index (χ4n) is 0.753. The van der Waals surface area contributed by atoms with E-state index in [1.807, 2.05) is 12.1 Å². The Bertz CT molecular complexity index is 248. The topological polar surface area (TPSA) is 39.2 Å². The van der Waals surface area contributed by atoms with Gasteiger partial charge in [-0.1, -0.05) is 6.07 Å². The van der Waals surface area contributed by atoms with E-state index in [0.717, 1.165) is 11.3 Å². The van der Waals surface area contributed by atoms with E-state index in [1.165, 1.54) is 0 Å². The molecule has 3 nitrogen and oxygen atoms in total. The van der Waals surface area contributed by atoms with Gasteiger partial charge in [0.2, 0.25) is 0 Å². The Kier molecular flexibility index (Phi) is 3.60. The van der Waals surface area contributed by atoms with Crippen LogP contribution in [-0.2, 0) is 21.9 Å². The minimum absolute atomic E-state index is 0.232. The van der Waals surface area contributed by atoms with E-state index < -0.39 is 0 Å². The van der Waals surface area contributed by atoms with Crippen molar-refractivity contribution in [3.05, 3.63) is 29.6 Å². The van der Waals surface area contributed by atoms with Crippen LogP contribution in [0.5, 0.6) is 0 Å². The summed E-state index contributed by atoms with van der Waals surface area (Å²) in [5.41, 5.74) is 1.79. The number of nitrogens with zero attached hydrogens (tertiary/aromatic N) is 1. The van der Waals surface area contributed by atoms with Crippen LogP contribution in [0.2, 0.25) is 0 Å². The summed E-state index contributed by atoms with van der Waals surface area (Å²) in [6, 6.07) is 3.72. The number of hydrogen-bond acceptors (Lipinski definition) is 4. The van der Waals surface area contributed by atoms with Crippen LogP contribution in [0.25, 0.3) is 0 Å². The lowest BCUT2D eigenvalue weighted by Gasteiger charge is -1.99. The first kappa shape index (κ1) is 9.06. The second kappa shape index (κ2) is 4.77. The van der Waals surface area contributed by atoms with Crippen molar-refractivity contribution in [1.29, 1.82) is 0 Å². The highest BCUT2D eigenvalue weighted by Gasteiger charge is 1.94. The standard InChI is InChI=1S/C8H9NO2S/c10-6-11-4-8-2-1-7(5-12)3-9-8/h1-3,6,12H,4-5H2. The van der Waals surface area contributed by atoms with Crippen LogP contribution in [0.1, 0.15) is 11.3 Å². The molecule has 0 unspecified atom stereocenters. The van der Waals surface area contributed by atoms with E-state index in [4.69, 9.17) is 0 Å². The Morgan fingerprint density at radius 3 is 2.92 bits per heavy atom. The summed E-state index contributed by atoms with van der Waals surface area (Å²) < 4.78 is 4.53. The van der Waals surface area contributed by atoms with Crippen molar-refractivity contribution in [1.82, 2.24) is 4.98 Å². The van der Waals surface area contributed by atoms with Crippen LogP contribution in [0, 0.1) is 0 Å². The molecule has 0 amide bonds. The second-order valence-electron chi connectivity index (χ2n) is 2.22. The summed E-state index contributed by atoms with van der Waals surface area (Å²) in [6.07, 6.45) is 1.72. The van der Waals surface area contributed by atoms with Gasteiger partial charge < -0.3 is 4.74 Å². The summed E-state index contributed by atoms with van der Waals surface area (Å²) in [6.45, 7) is 0.643. The average molecular weight is 183 g/mol. The minimum Gasteiger partial charge on any atom is -0.461 e. The number of ether oxygens (including phenoxy) is 1. The molecule has 0 saturated carbocycles. The normalized spacial score (nSPS) is 9.42. The molecule has 1 rings (SSSR count). The van der Waals surface area contributed by atoms with Gasteiger partial charge in [-0.3, -0.25) is 9.78 Å². The molecule has 0 spiro atoms. The molecule has 1 heterocycles. The average Bonchev–Trinajstić information content (AvgIpc) is 2.15. The van der Waals surface area contributed by atoms with Crippen molar-refractivity contribution in [3.63, 3.8) is 0 Å². The first-order valence-electron chi connectivity index (χ1n) is 3.46. The van der Waals surface area contributed by atoms with Gasteiger partial charge in [-0.25, -0.2) is 0 Å². The molecule has 0 atom stereocenters. The van der Waals surface area contributed by atoms with Gasteiger partial charge in [0, 0.05) is 11.9 Å². The molecule has 1 aromatic rings. The third-order valence-electron chi connectivity index (χ3n) is 1.37. The highest BCUT2D eigenvalue weighted by Crippen LogP contribution is 2.03. The summed E-state index contributed by atoms with van der Waals surface area (Å²) in [5, 5.41) is 0. The summed E-state index contributed by atoms with van der Waals surface area (Å²) >= 11 is 4.09. The number of thiol groups is 1. The monoisotopic (exact) mass is 183 g/mol. The maximum atomic E-state index is 9.84. The Labute approximate surface area is 76.2 Å². The van der Waals surface area contributed by atoms with E-state index in [1.54, 1.807) is 6.20 Å². The summed E-state index contributed by atoms with van der Waals surface area (Å²) in [4.78, 5) is 13.9. The van der Waals surface area contributed by atoms with Crippen molar-refractivity contribution in [3.8, 4) is 0 Å². The lowest BCUT2D eigenvalue weighted by atomic mass is 10.3. The molecule has 64 valence electrons. The van der Waals surface area contributed by atoms with Crippen LogP contribution >= 0.6 is 12.6 Å². The van der Waals surface area contributed by atoms with E-state index in [9.17, 15) is 4.79 Å². The number of rotatable bonds is 4. The highest BCUT2D eigenvalue weighted by molar-refractivity contribution is 7.79. The van der Waals surface area contributed by atoms with Gasteiger partial charge in [0.15, 0.2) is 0 Å². The maximum Gasteiger partial charge on any atom is 0.293 e. The second-order valence-corrected chi connectivity index (χ2v) is 2.54. The van der Waals surface area contributed by atoms with Crippen molar-refractivity contribution in [2.24, 2.45) is 0 Å². The molecular weight excluding hydrogens is 174 g/mol. The Balaban J connectivity index is 2.58. The molecule has 4 heteroatoms. The van der Waals surface area contributed by atoms with Crippen LogP contribution in [0.15, 0.2) is 18.3 Å². The highest BCUT2D eigenvalue weighted by atomic mass is 32.1. The number of carbonyl (C=O) groups is 1. The van der Waals surface area contributed by atoms with E-state index in [2.05, 4.69) is 22.3 Å². The van der Waals surface area contributed by atoms with Gasteiger partial charge in [0.1, 0.15) is 6.61 Å². The number of aromatic nitrogens is 1. The van der Waals surface area contributed by atoms with Crippen molar-refractivity contribution in [2.75, 3.05) is 0 Å². The Morgan fingerprint density at radius 2 is 2.42 bits per heavy atom. The third-order valence-corrected chi connectivity index (χ3v) is 1.73. The molecule has 0 radical (unpaired) electrons. The number of carbonyl (C=O) groups excluding carboxylic acids is 1. The van der Waals surface area contributed by atoms with Crippen molar-refractivity contribution in [2.45, 2.75) is 12.4 Å². The maximum absolute atomic E-state index is 9.84. The van der Waals surface area contributed by atoms with Gasteiger partial charge in [-0.2, -0.15) is 12.6 Å². The zero-order chi connectivity index (χ0) is 8.81. The van der Waals surface area contributed by atoms with Crippen molar-refractivity contribution < 1.29 is 9.53 Å². The molecule has 0 fully saturated rings. The smallest absolute Gasteiger partial charge is 0.293 e. The minimum atomic E-state index is 0.232. The van der Waals surface area contributed by atoms with Crippen LogP contribution in [-0.4, -0.2) is 11.5 Å². The Hall–Kier alpha value is -1.03. The van der Waals surface area contributed by atoms with Gasteiger partial charge in [0.05, 0.1) is 5.69 Å². The van der Waals surface area contributed by atoms with Crippen LogP contribution in [0.4, 0.5) is 0 Å². The lowest BCUT2D eigenvalue weighted by molar-refractivity contribution is -0.129. The molecule has 0 N–H and O–H groups in total. The largest absolute Gasteiger partial charge is 0.461 e. The number of hydrogen-bond donors (Lipinski definition) is 1. The molecule has 0 bridgehead atoms. The predicted molar refractivity (Wildman–Crippen MR) is 47.8 cm³/mol. The van der Waals surface area contributed by atoms with Gasteiger partial charge >= 0.3 is 0 Å². The molecule has 0 saturated heterocycles. The van der Waals surface area contributed by atoms with Gasteiger partial charge in [-0.15, -0.1) is 0 Å². The molecular formula is C8H9NO2S. The quantitative estimate of drug-likeness (QED) is 0.563. The Morgan fingerprint density at radius 1 is 1.58 bits per heavy atom. The lowest BCUT2D eigenvalue weighted by Crippen LogP contribution is -1.94. The van der Waals surface area contributed by atoms with Gasteiger partial charge in [0.25, 0.3) is 6.47 Å². The molecule has 0 aliphatic heterocycles. The fraction of sp³-hybridized carbons (Fsp3) is 0.250. The molecule has 1 aromatic heterocycles. The SMILES string of the molecule is O=COCc1ccc(CS)cn1. The summed E-state index contributed by atoms with van der Waals surface area (Å²) in [5.74, 6) is 0.668. The predicted octanol–water partition coefficient (Wildman–Crippen LogP) is 1.18. The number of pyridine rings is 1. The molecule has 0 aliphatic rings. The van der Waals surface area contributed by atoms with E-state index in [-0.39, 0.29) is 6.61 Å². The van der Waals surface area contributed by atoms with E-state index >= 15 is 0 Å². The zero-order valence-corrected chi connectivity index (χ0v) is 7.33. The first-order valence-corrected chi connectivity index (χ1v) is 4.10. The third kappa shape index (κ3) is 2.54. The summed E-state index contributed by atoms with van der Waals surface area (Å²) in [7, 11) is 0. The fourth-order valence-corrected chi connectivity index (χ4v) is 0.940. The van der Waals surface area contributed by atoms with Crippen molar-refractivity contribution >= 4 is 19.1 Å². The molecule has 0 aromatic carbocycles. The van der Waals surface area contributed by atoms with Gasteiger partial charge in [-0.05, 0) is 11.6 Å².